The number of hydrogen-bond acceptors (Lipinski definition) is 3. The first-order chi connectivity index (χ1) is 8.54. The summed E-state index contributed by atoms with van der Waals surface area (Å²) in [6.07, 6.45) is 3.25. The number of halogens is 1. The van der Waals surface area contributed by atoms with Gasteiger partial charge in [0.2, 0.25) is 0 Å². The maximum Gasteiger partial charge on any atom is 0.275 e. The number of nitrogens with zero attached hydrogens (tertiary/aromatic N) is 4. The number of aryl methyl sites for hydroxylation is 2. The van der Waals surface area contributed by atoms with Gasteiger partial charge in [-0.25, -0.2) is 0 Å². The second-order valence-electron chi connectivity index (χ2n) is 3.88. The van der Waals surface area contributed by atoms with E-state index in [1.807, 2.05) is 20.9 Å². The third-order valence-electron chi connectivity index (χ3n) is 2.79. The second-order valence-corrected chi connectivity index (χ2v) is 4.73. The largest absolute Gasteiger partial charge is 0.318 e. The van der Waals surface area contributed by atoms with Crippen molar-refractivity contribution in [3.63, 3.8) is 0 Å². The van der Waals surface area contributed by atoms with E-state index < -0.39 is 0 Å². The zero-order valence-corrected chi connectivity index (χ0v) is 12.0. The van der Waals surface area contributed by atoms with Crippen molar-refractivity contribution >= 4 is 27.5 Å². The lowest BCUT2D eigenvalue weighted by atomic mass is 10.3. The Bertz CT molecular complexity index is 586. The molecule has 7 heteroatoms. The highest BCUT2D eigenvalue weighted by molar-refractivity contribution is 9.10. The van der Waals surface area contributed by atoms with Crippen LogP contribution in [0.1, 0.15) is 23.1 Å². The molecule has 6 nitrogen and oxygen atoms in total. The molecular formula is C11H14BrN5O. The lowest BCUT2D eigenvalue weighted by molar-refractivity contribution is 0.101. The standard InChI is InChI=1S/C11H14BrN5O/c1-4-17-10(8(12)5-14-17)11(18)15-9-6-13-16(3)7(9)2/h5-6H,4H2,1-3H3,(H,15,18). The summed E-state index contributed by atoms with van der Waals surface area (Å²) in [7, 11) is 1.83. The molecule has 0 bridgehead atoms. The van der Waals surface area contributed by atoms with Gasteiger partial charge in [0, 0.05) is 13.6 Å². The lowest BCUT2D eigenvalue weighted by Crippen LogP contribution is -2.18. The van der Waals surface area contributed by atoms with Gasteiger partial charge in [0.15, 0.2) is 0 Å². The summed E-state index contributed by atoms with van der Waals surface area (Å²) < 4.78 is 4.04. The van der Waals surface area contributed by atoms with Crippen LogP contribution in [0.25, 0.3) is 0 Å². The first-order valence-corrected chi connectivity index (χ1v) is 6.35. The predicted molar refractivity (Wildman–Crippen MR) is 71.5 cm³/mol. The van der Waals surface area contributed by atoms with Gasteiger partial charge in [-0.3, -0.25) is 14.2 Å². The predicted octanol–water partition coefficient (Wildman–Crippen LogP) is 1.96. The topological polar surface area (TPSA) is 64.7 Å². The van der Waals surface area contributed by atoms with E-state index >= 15 is 0 Å². The fourth-order valence-electron chi connectivity index (χ4n) is 1.63. The molecule has 0 fully saturated rings. The highest BCUT2D eigenvalue weighted by atomic mass is 79.9. The summed E-state index contributed by atoms with van der Waals surface area (Å²) in [4.78, 5) is 12.2. The van der Waals surface area contributed by atoms with Gasteiger partial charge < -0.3 is 5.32 Å². The van der Waals surface area contributed by atoms with Crippen LogP contribution in [0.2, 0.25) is 0 Å². The number of carbonyl (C=O) groups is 1. The molecule has 0 saturated heterocycles. The van der Waals surface area contributed by atoms with Crippen molar-refractivity contribution < 1.29 is 4.79 Å². The molecule has 0 spiro atoms. The fourth-order valence-corrected chi connectivity index (χ4v) is 2.11. The SMILES string of the molecule is CCn1ncc(Br)c1C(=O)Nc1cnn(C)c1C. The van der Waals surface area contributed by atoms with Crippen LogP contribution in [0.5, 0.6) is 0 Å². The highest BCUT2D eigenvalue weighted by Crippen LogP contribution is 2.19. The average molecular weight is 312 g/mol. The normalized spacial score (nSPS) is 10.7. The Kier molecular flexibility index (Phi) is 3.51. The van der Waals surface area contributed by atoms with Gasteiger partial charge >= 0.3 is 0 Å². The summed E-state index contributed by atoms with van der Waals surface area (Å²) in [6.45, 7) is 4.47. The van der Waals surface area contributed by atoms with Crippen LogP contribution in [0.4, 0.5) is 5.69 Å². The van der Waals surface area contributed by atoms with Gasteiger partial charge in [0.1, 0.15) is 5.69 Å². The number of carbonyl (C=O) groups excluding carboxylic acids is 1. The second kappa shape index (κ2) is 4.93. The lowest BCUT2D eigenvalue weighted by Gasteiger charge is -2.06. The maximum atomic E-state index is 12.2. The minimum atomic E-state index is -0.197. The molecular weight excluding hydrogens is 298 g/mol. The van der Waals surface area contributed by atoms with Crippen LogP contribution < -0.4 is 5.32 Å². The van der Waals surface area contributed by atoms with Crippen LogP contribution in [0.3, 0.4) is 0 Å². The molecule has 18 heavy (non-hydrogen) atoms. The van der Waals surface area contributed by atoms with Crippen LogP contribution in [-0.2, 0) is 13.6 Å². The third-order valence-corrected chi connectivity index (χ3v) is 3.37. The number of hydrogen-bond donors (Lipinski definition) is 1. The molecule has 0 aliphatic rings. The van der Waals surface area contributed by atoms with Crippen molar-refractivity contribution in [1.29, 1.82) is 0 Å². The first-order valence-electron chi connectivity index (χ1n) is 5.55. The van der Waals surface area contributed by atoms with E-state index in [-0.39, 0.29) is 5.91 Å². The van der Waals surface area contributed by atoms with E-state index in [0.717, 1.165) is 5.69 Å². The van der Waals surface area contributed by atoms with Crippen molar-refractivity contribution in [2.75, 3.05) is 5.32 Å². The van der Waals surface area contributed by atoms with Gasteiger partial charge in [0.25, 0.3) is 5.91 Å². The molecule has 0 saturated carbocycles. The van der Waals surface area contributed by atoms with Crippen molar-refractivity contribution in [3.05, 3.63) is 28.3 Å². The number of amides is 1. The molecule has 2 aromatic heterocycles. The molecule has 0 unspecified atom stereocenters. The molecule has 0 radical (unpaired) electrons. The Labute approximate surface area is 113 Å². The molecule has 1 N–H and O–H groups in total. The van der Waals surface area contributed by atoms with Gasteiger partial charge in [-0.2, -0.15) is 10.2 Å². The van der Waals surface area contributed by atoms with Crippen molar-refractivity contribution in [2.45, 2.75) is 20.4 Å². The minimum Gasteiger partial charge on any atom is -0.318 e. The maximum absolute atomic E-state index is 12.2. The van der Waals surface area contributed by atoms with Crippen LogP contribution >= 0.6 is 15.9 Å². The van der Waals surface area contributed by atoms with Crippen molar-refractivity contribution in [3.8, 4) is 0 Å². The minimum absolute atomic E-state index is 0.197. The summed E-state index contributed by atoms with van der Waals surface area (Å²) in [6, 6.07) is 0. The molecule has 0 aliphatic heterocycles. The molecule has 0 aliphatic carbocycles. The van der Waals surface area contributed by atoms with E-state index in [1.165, 1.54) is 0 Å². The van der Waals surface area contributed by atoms with E-state index in [4.69, 9.17) is 0 Å². The van der Waals surface area contributed by atoms with Crippen LogP contribution in [-0.4, -0.2) is 25.5 Å². The highest BCUT2D eigenvalue weighted by Gasteiger charge is 2.18. The quantitative estimate of drug-likeness (QED) is 0.942. The monoisotopic (exact) mass is 311 g/mol. The Morgan fingerprint density at radius 1 is 1.44 bits per heavy atom. The van der Waals surface area contributed by atoms with E-state index in [1.54, 1.807) is 21.8 Å². The van der Waals surface area contributed by atoms with E-state index in [2.05, 4.69) is 31.4 Å². The molecule has 0 atom stereocenters. The Morgan fingerprint density at radius 3 is 2.72 bits per heavy atom. The number of anilines is 1. The summed E-state index contributed by atoms with van der Waals surface area (Å²) in [5.41, 5.74) is 2.13. The van der Waals surface area contributed by atoms with Crippen LogP contribution in [0, 0.1) is 6.92 Å². The third kappa shape index (κ3) is 2.17. The van der Waals surface area contributed by atoms with Gasteiger partial charge in [0.05, 0.1) is 28.2 Å². The Morgan fingerprint density at radius 2 is 2.17 bits per heavy atom. The smallest absolute Gasteiger partial charge is 0.275 e. The number of aromatic nitrogens is 4. The van der Waals surface area contributed by atoms with Gasteiger partial charge in [-0.05, 0) is 29.8 Å². The molecule has 1 amide bonds. The molecule has 0 aromatic carbocycles. The van der Waals surface area contributed by atoms with Gasteiger partial charge in [-0.15, -0.1) is 0 Å². The zero-order valence-electron chi connectivity index (χ0n) is 10.4. The van der Waals surface area contributed by atoms with Crippen LogP contribution in [0.15, 0.2) is 16.9 Å². The van der Waals surface area contributed by atoms with Crippen molar-refractivity contribution in [2.24, 2.45) is 7.05 Å². The Balaban J connectivity index is 2.27. The molecule has 96 valence electrons. The average Bonchev–Trinajstić information content (AvgIpc) is 2.86. The summed E-state index contributed by atoms with van der Waals surface area (Å²) >= 11 is 3.33. The van der Waals surface area contributed by atoms with Crippen molar-refractivity contribution in [1.82, 2.24) is 19.6 Å². The zero-order chi connectivity index (χ0) is 13.3. The van der Waals surface area contributed by atoms with E-state index in [0.29, 0.717) is 22.4 Å². The fraction of sp³-hybridized carbons (Fsp3) is 0.364. The molecule has 2 aromatic rings. The number of nitrogens with one attached hydrogen (secondary N) is 1. The number of rotatable bonds is 3. The summed E-state index contributed by atoms with van der Waals surface area (Å²) in [5.74, 6) is -0.197. The summed E-state index contributed by atoms with van der Waals surface area (Å²) in [5, 5.41) is 11.0. The Hall–Kier alpha value is -1.63. The first kappa shape index (κ1) is 12.8. The molecule has 2 heterocycles. The molecule has 2 rings (SSSR count). The van der Waals surface area contributed by atoms with Gasteiger partial charge in [-0.1, -0.05) is 0 Å². The van der Waals surface area contributed by atoms with E-state index in [9.17, 15) is 4.79 Å².